The SMILES string of the molecule is [2H]c1c([2H])c([2H])c(-c2cc(-c3nc(-c4ccc(-c5ccccc5)cc4)nc(-c4ccc(-c5ccccc5)cc4)n3)ccc2-n2c3c([2H])c([2H])c([2H])c([2H])c3c3c([2H])c([2H])c([2H])c(-c4c([2H])c([2H])c([2H])c([2H])c4[2H])c32)c([2H])c1[2H]. The summed E-state index contributed by atoms with van der Waals surface area (Å²) in [6, 6.07) is 26.5. The molecule has 0 amide bonds. The quantitative estimate of drug-likeness (QED) is 0.154. The monoisotopic (exact) mass is 795 g/mol. The van der Waals surface area contributed by atoms with Crippen molar-refractivity contribution < 1.29 is 23.3 Å². The Morgan fingerprint density at radius 1 is 0.328 bits per heavy atom. The number of hydrogen-bond acceptors (Lipinski definition) is 3. The van der Waals surface area contributed by atoms with Gasteiger partial charge in [0.05, 0.1) is 40.0 Å². The molecular formula is C57H38N4. The average molecular weight is 796 g/mol. The largest absolute Gasteiger partial charge is 0.308 e. The zero-order valence-corrected chi connectivity index (χ0v) is 31.9. The highest BCUT2D eigenvalue weighted by molar-refractivity contribution is 6.14. The minimum absolute atomic E-state index is 0.0548. The lowest BCUT2D eigenvalue weighted by Gasteiger charge is -2.17. The Morgan fingerprint density at radius 3 is 1.34 bits per heavy atom. The van der Waals surface area contributed by atoms with Gasteiger partial charge in [-0.05, 0) is 57.6 Å². The zero-order valence-electron chi connectivity index (χ0n) is 48.9. The minimum Gasteiger partial charge on any atom is -0.308 e. The first-order chi connectivity index (χ1) is 37.3. The fraction of sp³-hybridized carbons (Fsp3) is 0. The topological polar surface area (TPSA) is 43.6 Å². The molecule has 2 heterocycles. The van der Waals surface area contributed by atoms with Gasteiger partial charge in [-0.25, -0.2) is 15.0 Å². The average Bonchev–Trinajstić information content (AvgIpc) is 3.43. The summed E-state index contributed by atoms with van der Waals surface area (Å²) in [7, 11) is 0. The Hall–Kier alpha value is -8.21. The van der Waals surface area contributed by atoms with Gasteiger partial charge in [0.25, 0.3) is 0 Å². The van der Waals surface area contributed by atoms with Gasteiger partial charge in [0.2, 0.25) is 0 Å². The molecule has 0 radical (unpaired) electrons. The van der Waals surface area contributed by atoms with Crippen molar-refractivity contribution in [3.8, 4) is 84.4 Å². The van der Waals surface area contributed by atoms with E-state index < -0.39 is 119 Å². The lowest BCUT2D eigenvalue weighted by atomic mass is 9.99. The van der Waals surface area contributed by atoms with Crippen molar-refractivity contribution in [3.63, 3.8) is 0 Å². The van der Waals surface area contributed by atoms with Crippen LogP contribution < -0.4 is 0 Å². The van der Waals surface area contributed by atoms with Crippen molar-refractivity contribution in [2.24, 2.45) is 0 Å². The lowest BCUT2D eigenvalue weighted by Crippen LogP contribution is -2.02. The first-order valence-electron chi connectivity index (χ1n) is 27.7. The Labute approximate surface area is 378 Å². The van der Waals surface area contributed by atoms with Gasteiger partial charge in [-0.15, -0.1) is 0 Å². The number of aromatic nitrogens is 4. The second kappa shape index (κ2) is 15.5. The molecule has 0 N–H and O–H groups in total. The van der Waals surface area contributed by atoms with Gasteiger partial charge < -0.3 is 4.57 Å². The predicted octanol–water partition coefficient (Wildman–Crippen LogP) is 14.6. The highest BCUT2D eigenvalue weighted by Crippen LogP contribution is 2.41. The van der Waals surface area contributed by atoms with Crippen LogP contribution in [-0.4, -0.2) is 19.5 Å². The van der Waals surface area contributed by atoms with E-state index in [0.717, 1.165) is 22.3 Å². The van der Waals surface area contributed by atoms with E-state index in [-0.39, 0.29) is 56.1 Å². The summed E-state index contributed by atoms with van der Waals surface area (Å²) < 4.78 is 154. The van der Waals surface area contributed by atoms with Crippen LogP contribution >= 0.6 is 0 Å². The highest BCUT2D eigenvalue weighted by atomic mass is 15.0. The Bertz CT molecular complexity index is 4160. The lowest BCUT2D eigenvalue weighted by molar-refractivity contribution is 1.07. The van der Waals surface area contributed by atoms with Crippen LogP contribution in [0.3, 0.4) is 0 Å². The fourth-order valence-corrected chi connectivity index (χ4v) is 7.47. The third kappa shape index (κ3) is 6.76. The van der Waals surface area contributed by atoms with E-state index in [2.05, 4.69) is 0 Å². The summed E-state index contributed by atoms with van der Waals surface area (Å²) >= 11 is 0. The van der Waals surface area contributed by atoms with Gasteiger partial charge in [-0.2, -0.15) is 0 Å². The molecule has 11 rings (SSSR count). The standard InChI is InChI=1S/C57H38N4/c1-5-16-39(17-6-1)41-28-32-45(33-29-41)55-58-56(46-34-30-42(31-35-46)40-18-7-2-8-19-40)60-57(59-55)47-36-37-53(51(38-47)44-22-11-4-12-23-44)61-52-27-14-13-24-49(52)50-26-15-25-48(54(50)61)43-20-9-3-10-21-43/h1-38H/i3D,4D,9D,10D,11D,12D,13D,14D,15D,20D,21D,22D,23D,24D,25D,26D,27D. The molecule has 4 nitrogen and oxygen atoms in total. The Morgan fingerprint density at radius 2 is 0.770 bits per heavy atom. The second-order valence-electron chi connectivity index (χ2n) is 14.0. The van der Waals surface area contributed by atoms with Crippen LogP contribution in [0.5, 0.6) is 0 Å². The van der Waals surface area contributed by atoms with Crippen molar-refractivity contribution in [2.75, 3.05) is 0 Å². The number of fused-ring (bicyclic) bond motifs is 3. The molecule has 0 bridgehead atoms. The molecule has 0 aliphatic carbocycles. The maximum absolute atomic E-state index is 9.44. The van der Waals surface area contributed by atoms with Crippen LogP contribution in [0.25, 0.3) is 106 Å². The van der Waals surface area contributed by atoms with Crippen LogP contribution in [0, 0.1) is 0 Å². The van der Waals surface area contributed by atoms with Crippen molar-refractivity contribution >= 4 is 21.8 Å². The van der Waals surface area contributed by atoms with Gasteiger partial charge in [0, 0.05) is 38.6 Å². The maximum Gasteiger partial charge on any atom is 0.164 e. The van der Waals surface area contributed by atoms with Gasteiger partial charge in [-0.1, -0.05) is 206 Å². The second-order valence-corrected chi connectivity index (χ2v) is 14.0. The van der Waals surface area contributed by atoms with Crippen molar-refractivity contribution in [3.05, 3.63) is 230 Å². The van der Waals surface area contributed by atoms with Crippen LogP contribution in [0.15, 0.2) is 230 Å². The molecule has 0 saturated heterocycles. The molecule has 0 saturated carbocycles. The molecule has 9 aromatic carbocycles. The third-order valence-electron chi connectivity index (χ3n) is 10.4. The predicted molar refractivity (Wildman–Crippen MR) is 252 cm³/mol. The number of nitrogens with zero attached hydrogens (tertiary/aromatic N) is 4. The number of hydrogen-bond donors (Lipinski definition) is 0. The number of rotatable bonds is 8. The minimum atomic E-state index is -0.800. The molecule has 2 aromatic heterocycles. The van der Waals surface area contributed by atoms with Gasteiger partial charge in [0.15, 0.2) is 17.5 Å². The van der Waals surface area contributed by atoms with Crippen LogP contribution in [0.4, 0.5) is 0 Å². The fourth-order valence-electron chi connectivity index (χ4n) is 7.47. The Kier molecular flexibility index (Phi) is 5.66. The summed E-state index contributed by atoms with van der Waals surface area (Å²) in [4.78, 5) is 14.9. The van der Waals surface area contributed by atoms with E-state index in [9.17, 15) is 8.22 Å². The van der Waals surface area contributed by atoms with E-state index in [1.807, 2.05) is 109 Å². The molecule has 61 heavy (non-hydrogen) atoms. The molecule has 0 aliphatic heterocycles. The molecule has 0 atom stereocenters. The molecule has 0 aliphatic rings. The first-order valence-corrected chi connectivity index (χ1v) is 19.2. The summed E-state index contributed by atoms with van der Waals surface area (Å²) in [5.41, 5.74) is 2.74. The number of para-hydroxylation sites is 2. The van der Waals surface area contributed by atoms with E-state index in [0.29, 0.717) is 11.1 Å². The van der Waals surface area contributed by atoms with E-state index >= 15 is 0 Å². The molecule has 286 valence electrons. The molecule has 0 unspecified atom stereocenters. The van der Waals surface area contributed by atoms with E-state index in [1.165, 1.54) is 22.8 Å². The normalized spacial score (nSPS) is 15.2. The van der Waals surface area contributed by atoms with Crippen molar-refractivity contribution in [1.29, 1.82) is 0 Å². The summed E-state index contributed by atoms with van der Waals surface area (Å²) in [6.45, 7) is 0. The summed E-state index contributed by atoms with van der Waals surface area (Å²) in [6.07, 6.45) is 0. The Balaban J connectivity index is 1.26. The molecule has 11 aromatic rings. The number of benzene rings is 9. The third-order valence-corrected chi connectivity index (χ3v) is 10.4. The summed E-state index contributed by atoms with van der Waals surface area (Å²) in [5, 5.41) is -0.679. The van der Waals surface area contributed by atoms with Crippen LogP contribution in [-0.2, 0) is 0 Å². The molecule has 0 spiro atoms. The van der Waals surface area contributed by atoms with Crippen molar-refractivity contribution in [1.82, 2.24) is 19.5 Å². The van der Waals surface area contributed by atoms with Crippen LogP contribution in [0.1, 0.15) is 23.3 Å². The van der Waals surface area contributed by atoms with Gasteiger partial charge >= 0.3 is 0 Å². The van der Waals surface area contributed by atoms with Gasteiger partial charge in [-0.3, -0.25) is 0 Å². The smallest absolute Gasteiger partial charge is 0.164 e. The molecule has 0 fully saturated rings. The molecule has 4 heteroatoms. The van der Waals surface area contributed by atoms with E-state index in [1.54, 1.807) is 0 Å². The molecular weight excluding hydrogens is 741 g/mol. The van der Waals surface area contributed by atoms with E-state index in [4.69, 9.17) is 30.0 Å². The van der Waals surface area contributed by atoms with Crippen molar-refractivity contribution in [2.45, 2.75) is 0 Å². The summed E-state index contributed by atoms with van der Waals surface area (Å²) in [5.74, 6) is 0.544. The zero-order chi connectivity index (χ0) is 55.3. The maximum atomic E-state index is 9.44. The highest BCUT2D eigenvalue weighted by Gasteiger charge is 2.21. The van der Waals surface area contributed by atoms with Crippen LogP contribution in [0.2, 0.25) is 0 Å². The first kappa shape index (κ1) is 22.2. The van der Waals surface area contributed by atoms with Gasteiger partial charge in [0.1, 0.15) is 0 Å².